The zero-order chi connectivity index (χ0) is 17.3. The van der Waals surface area contributed by atoms with Gasteiger partial charge >= 0.3 is 18.0 Å². The van der Waals surface area contributed by atoms with Crippen LogP contribution in [0.2, 0.25) is 0 Å². The van der Waals surface area contributed by atoms with Gasteiger partial charge in [-0.2, -0.15) is 5.26 Å². The van der Waals surface area contributed by atoms with Crippen molar-refractivity contribution in [2.24, 2.45) is 5.92 Å². The Morgan fingerprint density at radius 1 is 1.14 bits per heavy atom. The van der Waals surface area contributed by atoms with E-state index in [1.165, 1.54) is 7.11 Å². The van der Waals surface area contributed by atoms with Crippen molar-refractivity contribution in [3.8, 4) is 6.07 Å². The number of alkyl carbamates (subject to hydrolysis) is 1. The van der Waals surface area contributed by atoms with E-state index < -0.39 is 35.6 Å². The highest BCUT2D eigenvalue weighted by Gasteiger charge is 2.31. The van der Waals surface area contributed by atoms with E-state index in [0.29, 0.717) is 0 Å². The number of carbonyl (C=O) groups is 3. The molecule has 8 nitrogen and oxygen atoms in total. The number of hydrogen-bond acceptors (Lipinski definition) is 7. The third kappa shape index (κ3) is 7.47. The number of carbonyl (C=O) groups excluding carboxylic acids is 3. The van der Waals surface area contributed by atoms with E-state index in [2.05, 4.69) is 14.8 Å². The lowest BCUT2D eigenvalue weighted by atomic mass is 9.97. The van der Waals surface area contributed by atoms with Gasteiger partial charge in [0.1, 0.15) is 11.6 Å². The molecule has 0 rings (SSSR count). The van der Waals surface area contributed by atoms with E-state index in [9.17, 15) is 14.4 Å². The Kier molecular flexibility index (Phi) is 7.94. The van der Waals surface area contributed by atoms with Gasteiger partial charge in [0.05, 0.1) is 26.2 Å². The molecule has 0 bridgehead atoms. The summed E-state index contributed by atoms with van der Waals surface area (Å²) in [6.45, 7) is 5.02. The molecule has 8 heteroatoms. The van der Waals surface area contributed by atoms with Crippen molar-refractivity contribution in [3.63, 3.8) is 0 Å². The summed E-state index contributed by atoms with van der Waals surface area (Å²) in [7, 11) is 2.34. The second-order valence-corrected chi connectivity index (χ2v) is 5.54. The lowest BCUT2D eigenvalue weighted by molar-refractivity contribution is -0.148. The largest absolute Gasteiger partial charge is 0.469 e. The van der Waals surface area contributed by atoms with Gasteiger partial charge < -0.3 is 19.5 Å². The molecule has 0 fully saturated rings. The molecule has 2 atom stereocenters. The molecule has 1 amide bonds. The third-order valence-corrected chi connectivity index (χ3v) is 2.57. The first-order valence-corrected chi connectivity index (χ1v) is 6.66. The molecule has 0 radical (unpaired) electrons. The van der Waals surface area contributed by atoms with Crippen LogP contribution in [0.15, 0.2) is 0 Å². The van der Waals surface area contributed by atoms with Gasteiger partial charge in [-0.1, -0.05) is 0 Å². The van der Waals surface area contributed by atoms with Crippen molar-refractivity contribution in [1.82, 2.24) is 5.32 Å². The molecule has 0 aliphatic carbocycles. The number of ether oxygens (including phenoxy) is 3. The number of esters is 2. The van der Waals surface area contributed by atoms with Crippen LogP contribution in [0.4, 0.5) is 4.79 Å². The van der Waals surface area contributed by atoms with Gasteiger partial charge in [0, 0.05) is 6.42 Å². The zero-order valence-electron chi connectivity index (χ0n) is 13.5. The molecule has 0 aliphatic rings. The summed E-state index contributed by atoms with van der Waals surface area (Å²) < 4.78 is 14.2. The first-order valence-electron chi connectivity index (χ1n) is 6.66. The van der Waals surface area contributed by atoms with Crippen LogP contribution in [0.25, 0.3) is 0 Å². The normalized spacial score (nSPS) is 13.3. The van der Waals surface area contributed by atoms with Gasteiger partial charge in [-0.05, 0) is 27.2 Å². The van der Waals surface area contributed by atoms with Gasteiger partial charge in [-0.25, -0.2) is 9.59 Å². The second-order valence-electron chi connectivity index (χ2n) is 5.54. The molecular weight excluding hydrogens is 292 g/mol. The molecule has 0 spiro atoms. The quantitative estimate of drug-likeness (QED) is 0.577. The number of hydrogen-bond donors (Lipinski definition) is 1. The van der Waals surface area contributed by atoms with Crippen LogP contribution < -0.4 is 5.32 Å². The molecule has 0 heterocycles. The maximum atomic E-state index is 11.7. The van der Waals surface area contributed by atoms with E-state index in [-0.39, 0.29) is 12.8 Å². The molecular formula is C14H22N2O6. The fourth-order valence-corrected chi connectivity index (χ4v) is 1.63. The molecule has 124 valence electrons. The zero-order valence-corrected chi connectivity index (χ0v) is 13.5. The van der Waals surface area contributed by atoms with Crippen LogP contribution in [0, 0.1) is 17.2 Å². The third-order valence-electron chi connectivity index (χ3n) is 2.57. The number of amides is 1. The molecule has 0 aromatic rings. The summed E-state index contributed by atoms with van der Waals surface area (Å²) in [5, 5.41) is 11.1. The summed E-state index contributed by atoms with van der Waals surface area (Å²) in [6, 6.07) is 0.726. The second kappa shape index (κ2) is 8.87. The predicted octanol–water partition coefficient (Wildman–Crippen LogP) is 1.15. The van der Waals surface area contributed by atoms with Crippen LogP contribution in [-0.4, -0.2) is 43.9 Å². The van der Waals surface area contributed by atoms with Crippen molar-refractivity contribution < 1.29 is 28.6 Å². The van der Waals surface area contributed by atoms with Gasteiger partial charge in [0.15, 0.2) is 0 Å². The Balaban J connectivity index is 4.98. The van der Waals surface area contributed by atoms with Crippen LogP contribution in [-0.2, 0) is 23.8 Å². The van der Waals surface area contributed by atoms with Gasteiger partial charge in [0.2, 0.25) is 0 Å². The Morgan fingerprint density at radius 2 is 1.68 bits per heavy atom. The maximum Gasteiger partial charge on any atom is 0.408 e. The fraction of sp³-hybridized carbons (Fsp3) is 0.714. The van der Waals surface area contributed by atoms with Crippen molar-refractivity contribution in [1.29, 1.82) is 5.26 Å². The summed E-state index contributed by atoms with van der Waals surface area (Å²) in [5.74, 6) is -2.23. The van der Waals surface area contributed by atoms with E-state index in [0.717, 1.165) is 7.11 Å². The number of nitriles is 1. The Bertz CT molecular complexity index is 449. The minimum absolute atomic E-state index is 0.119. The van der Waals surface area contributed by atoms with Gasteiger partial charge in [0.25, 0.3) is 0 Å². The lowest BCUT2D eigenvalue weighted by Gasteiger charge is -2.23. The number of rotatable bonds is 6. The number of nitrogens with zero attached hydrogens (tertiary/aromatic N) is 1. The molecule has 0 aliphatic heterocycles. The summed E-state index contributed by atoms with van der Waals surface area (Å²) >= 11 is 0. The minimum atomic E-state index is -1.11. The number of nitrogens with one attached hydrogen (secondary N) is 1. The summed E-state index contributed by atoms with van der Waals surface area (Å²) in [5.41, 5.74) is -0.737. The van der Waals surface area contributed by atoms with Crippen LogP contribution in [0.1, 0.15) is 33.6 Å². The fourth-order valence-electron chi connectivity index (χ4n) is 1.63. The molecule has 1 N–H and O–H groups in total. The molecule has 0 aromatic heterocycles. The molecule has 0 saturated heterocycles. The molecule has 0 saturated carbocycles. The van der Waals surface area contributed by atoms with E-state index in [1.807, 2.05) is 6.07 Å². The topological polar surface area (TPSA) is 115 Å². The Hall–Kier alpha value is -2.30. The first-order chi connectivity index (χ1) is 10.1. The van der Waals surface area contributed by atoms with Crippen LogP contribution >= 0.6 is 0 Å². The van der Waals surface area contributed by atoms with Crippen molar-refractivity contribution >= 4 is 18.0 Å². The van der Waals surface area contributed by atoms with Crippen LogP contribution in [0.3, 0.4) is 0 Å². The minimum Gasteiger partial charge on any atom is -0.469 e. The Labute approximate surface area is 129 Å². The van der Waals surface area contributed by atoms with E-state index in [1.54, 1.807) is 20.8 Å². The average molecular weight is 314 g/mol. The number of methoxy groups -OCH3 is 2. The smallest absolute Gasteiger partial charge is 0.408 e. The van der Waals surface area contributed by atoms with Crippen molar-refractivity contribution in [2.45, 2.75) is 45.3 Å². The first kappa shape index (κ1) is 19.7. The monoisotopic (exact) mass is 314 g/mol. The summed E-state index contributed by atoms with van der Waals surface area (Å²) in [4.78, 5) is 35.1. The van der Waals surface area contributed by atoms with Crippen molar-refractivity contribution in [2.75, 3.05) is 14.2 Å². The highest BCUT2D eigenvalue weighted by atomic mass is 16.6. The predicted molar refractivity (Wildman–Crippen MR) is 75.5 cm³/mol. The molecule has 0 aromatic carbocycles. The highest BCUT2D eigenvalue weighted by molar-refractivity contribution is 5.82. The van der Waals surface area contributed by atoms with Gasteiger partial charge in [-0.3, -0.25) is 4.79 Å². The van der Waals surface area contributed by atoms with Gasteiger partial charge in [-0.15, -0.1) is 0 Å². The van der Waals surface area contributed by atoms with Crippen molar-refractivity contribution in [3.05, 3.63) is 0 Å². The van der Waals surface area contributed by atoms with Crippen LogP contribution in [0.5, 0.6) is 0 Å². The lowest BCUT2D eigenvalue weighted by Crippen LogP contribution is -2.45. The average Bonchev–Trinajstić information content (AvgIpc) is 2.42. The van der Waals surface area contributed by atoms with E-state index in [4.69, 9.17) is 10.00 Å². The molecule has 22 heavy (non-hydrogen) atoms. The maximum absolute atomic E-state index is 11.7. The highest BCUT2D eigenvalue weighted by Crippen LogP contribution is 2.15. The standard InChI is InChI=1S/C14H22N2O6/c1-14(2,3)22-13(19)16-10(12(18)21-5)8-9(6-7-15)11(17)20-4/h9-10H,6,8H2,1-5H3,(H,16,19)/t9-,10-/m1/s1. The SMILES string of the molecule is COC(=O)[C@H](CC#N)C[C@@H](NC(=O)OC(C)(C)C)C(=O)OC. The summed E-state index contributed by atoms with van der Waals surface area (Å²) in [6.07, 6.45) is -1.08. The Morgan fingerprint density at radius 3 is 2.09 bits per heavy atom. The molecule has 0 unspecified atom stereocenters. The van der Waals surface area contributed by atoms with E-state index >= 15 is 0 Å².